The Morgan fingerprint density at radius 2 is 1.20 bits per heavy atom. The Morgan fingerprint density at radius 1 is 0.800 bits per heavy atom. The molecule has 108 valence electrons. The van der Waals surface area contributed by atoms with Crippen LogP contribution in [0.5, 0.6) is 0 Å². The van der Waals surface area contributed by atoms with Crippen molar-refractivity contribution in [1.82, 2.24) is 4.90 Å². The molecule has 3 heteroatoms. The smallest absolute Gasteiger partial charge is 0.257 e. The number of nitrogens with zero attached hydrogens (tertiary/aromatic N) is 1. The molecule has 3 aliphatic carbocycles. The predicted octanol–water partition coefficient (Wildman–Crippen LogP) is 2.62. The van der Waals surface area contributed by atoms with Gasteiger partial charge < -0.3 is 0 Å². The summed E-state index contributed by atoms with van der Waals surface area (Å²) in [7, 11) is 1.66. The molecule has 2 fully saturated rings. The van der Waals surface area contributed by atoms with Crippen molar-refractivity contribution in [2.75, 3.05) is 7.05 Å². The second kappa shape index (κ2) is 3.96. The fraction of sp³-hybridized carbons (Fsp3) is 0.765. The van der Waals surface area contributed by atoms with Crippen molar-refractivity contribution in [3.05, 3.63) is 11.1 Å². The van der Waals surface area contributed by atoms with Crippen LogP contribution in [0.2, 0.25) is 0 Å². The Morgan fingerprint density at radius 3 is 1.60 bits per heavy atom. The van der Waals surface area contributed by atoms with E-state index in [1.807, 2.05) is 0 Å². The molecule has 20 heavy (non-hydrogen) atoms. The predicted molar refractivity (Wildman–Crippen MR) is 75.6 cm³/mol. The van der Waals surface area contributed by atoms with Crippen molar-refractivity contribution in [3.63, 3.8) is 0 Å². The Labute approximate surface area is 120 Å². The summed E-state index contributed by atoms with van der Waals surface area (Å²) in [4.78, 5) is 26.4. The average molecular weight is 273 g/mol. The first-order valence-corrected chi connectivity index (χ1v) is 8.05. The van der Waals surface area contributed by atoms with Gasteiger partial charge in [-0.2, -0.15) is 0 Å². The number of amides is 2. The minimum atomic E-state index is 0.00658. The molecule has 0 aromatic heterocycles. The van der Waals surface area contributed by atoms with E-state index in [-0.39, 0.29) is 11.8 Å². The number of carbonyl (C=O) groups excluding carboxylic acids is 2. The van der Waals surface area contributed by atoms with Gasteiger partial charge >= 0.3 is 0 Å². The average Bonchev–Trinajstić information content (AvgIpc) is 3.01. The number of carbonyl (C=O) groups is 2. The molecule has 2 saturated carbocycles. The fourth-order valence-electron chi connectivity index (χ4n) is 5.68. The standard InChI is InChI=1S/C17H23NO2/c1-8-4-10-11-5-9(2)7-13(11)15-14(12(10)6-8)16(19)18(3)17(15)20/h8-13H,4-7H2,1-3H3. The molecule has 6 atom stereocenters. The molecule has 1 heterocycles. The lowest BCUT2D eigenvalue weighted by molar-refractivity contribution is -0.136. The highest BCUT2D eigenvalue weighted by Gasteiger charge is 2.56. The second-order valence-corrected chi connectivity index (χ2v) is 7.69. The molecule has 0 bridgehead atoms. The van der Waals surface area contributed by atoms with Crippen LogP contribution < -0.4 is 0 Å². The van der Waals surface area contributed by atoms with Crippen LogP contribution in [0.4, 0.5) is 0 Å². The van der Waals surface area contributed by atoms with E-state index in [1.165, 1.54) is 17.7 Å². The number of likely N-dealkylation sites (N-methyl/N-ethyl adjacent to an activating group) is 1. The summed E-state index contributed by atoms with van der Waals surface area (Å²) in [6.07, 6.45) is 4.71. The van der Waals surface area contributed by atoms with Gasteiger partial charge in [-0.25, -0.2) is 0 Å². The zero-order valence-electron chi connectivity index (χ0n) is 12.6. The zero-order valence-corrected chi connectivity index (χ0v) is 12.6. The Hall–Kier alpha value is -1.12. The molecule has 0 spiro atoms. The van der Waals surface area contributed by atoms with Crippen molar-refractivity contribution >= 4 is 11.8 Å². The molecule has 6 unspecified atom stereocenters. The van der Waals surface area contributed by atoms with Crippen molar-refractivity contribution in [2.45, 2.75) is 39.5 Å². The molecule has 1 aliphatic heterocycles. The van der Waals surface area contributed by atoms with E-state index in [2.05, 4.69) is 13.8 Å². The Bertz CT molecular complexity index is 489. The van der Waals surface area contributed by atoms with Crippen LogP contribution in [0, 0.1) is 35.5 Å². The minimum absolute atomic E-state index is 0.00658. The fourth-order valence-corrected chi connectivity index (χ4v) is 5.68. The molecule has 4 aliphatic rings. The maximum Gasteiger partial charge on any atom is 0.257 e. The van der Waals surface area contributed by atoms with Gasteiger partial charge in [0.2, 0.25) is 0 Å². The quantitative estimate of drug-likeness (QED) is 0.636. The van der Waals surface area contributed by atoms with Crippen LogP contribution in [-0.2, 0) is 9.59 Å². The largest absolute Gasteiger partial charge is 0.278 e. The van der Waals surface area contributed by atoms with E-state index in [0.29, 0.717) is 35.5 Å². The summed E-state index contributed by atoms with van der Waals surface area (Å²) in [6.45, 7) is 4.60. The lowest BCUT2D eigenvalue weighted by Gasteiger charge is -2.36. The summed E-state index contributed by atoms with van der Waals surface area (Å²) in [5, 5.41) is 0. The number of imide groups is 1. The topological polar surface area (TPSA) is 37.4 Å². The van der Waals surface area contributed by atoms with Gasteiger partial charge in [0.05, 0.1) is 0 Å². The van der Waals surface area contributed by atoms with Gasteiger partial charge in [0.15, 0.2) is 0 Å². The molecular weight excluding hydrogens is 250 g/mol. The first-order chi connectivity index (χ1) is 9.49. The van der Waals surface area contributed by atoms with E-state index in [9.17, 15) is 9.59 Å². The second-order valence-electron chi connectivity index (χ2n) is 7.69. The van der Waals surface area contributed by atoms with Crippen LogP contribution in [0.15, 0.2) is 11.1 Å². The summed E-state index contributed by atoms with van der Waals surface area (Å²) in [5.41, 5.74) is 1.84. The van der Waals surface area contributed by atoms with Gasteiger partial charge in [0.25, 0.3) is 11.8 Å². The molecule has 0 radical (unpaired) electrons. The van der Waals surface area contributed by atoms with E-state index in [0.717, 1.165) is 24.0 Å². The zero-order chi connectivity index (χ0) is 14.2. The Kier molecular flexibility index (Phi) is 2.49. The van der Waals surface area contributed by atoms with Gasteiger partial charge in [-0.1, -0.05) is 13.8 Å². The maximum atomic E-state index is 12.5. The molecular formula is C17H23NO2. The maximum absolute atomic E-state index is 12.5. The monoisotopic (exact) mass is 273 g/mol. The molecule has 2 amide bonds. The summed E-state index contributed by atoms with van der Waals surface area (Å²) in [6, 6.07) is 0. The first-order valence-electron chi connectivity index (χ1n) is 8.05. The lowest BCUT2D eigenvalue weighted by Crippen LogP contribution is -2.32. The highest BCUT2D eigenvalue weighted by Crippen LogP contribution is 2.59. The van der Waals surface area contributed by atoms with Crippen molar-refractivity contribution < 1.29 is 9.59 Å². The van der Waals surface area contributed by atoms with Crippen molar-refractivity contribution in [3.8, 4) is 0 Å². The Balaban J connectivity index is 1.86. The van der Waals surface area contributed by atoms with Gasteiger partial charge in [0, 0.05) is 18.2 Å². The summed E-state index contributed by atoms with van der Waals surface area (Å²) < 4.78 is 0. The highest BCUT2D eigenvalue weighted by atomic mass is 16.2. The molecule has 0 aromatic rings. The van der Waals surface area contributed by atoms with Crippen LogP contribution >= 0.6 is 0 Å². The van der Waals surface area contributed by atoms with Crippen molar-refractivity contribution in [1.29, 1.82) is 0 Å². The minimum Gasteiger partial charge on any atom is -0.278 e. The summed E-state index contributed by atoms with van der Waals surface area (Å²) >= 11 is 0. The van der Waals surface area contributed by atoms with Crippen LogP contribution in [0.1, 0.15) is 39.5 Å². The highest BCUT2D eigenvalue weighted by molar-refractivity contribution is 6.19. The third kappa shape index (κ3) is 1.41. The first kappa shape index (κ1) is 12.6. The normalized spacial score (nSPS) is 46.9. The third-order valence-electron chi connectivity index (χ3n) is 6.35. The van der Waals surface area contributed by atoms with E-state index in [1.54, 1.807) is 7.05 Å². The number of hydrogen-bond donors (Lipinski definition) is 0. The molecule has 0 saturated heterocycles. The van der Waals surface area contributed by atoms with Crippen LogP contribution in [0.3, 0.4) is 0 Å². The third-order valence-corrected chi connectivity index (χ3v) is 6.35. The van der Waals surface area contributed by atoms with Gasteiger partial charge in [0.1, 0.15) is 0 Å². The van der Waals surface area contributed by atoms with Crippen LogP contribution in [-0.4, -0.2) is 23.8 Å². The number of hydrogen-bond acceptors (Lipinski definition) is 2. The SMILES string of the molecule is CC1CC2C3=C(C(=O)N(C)C3=O)C3CC(C)CC3C2C1. The van der Waals surface area contributed by atoms with Gasteiger partial charge in [-0.3, -0.25) is 14.5 Å². The number of rotatable bonds is 0. The van der Waals surface area contributed by atoms with Crippen molar-refractivity contribution in [2.24, 2.45) is 35.5 Å². The van der Waals surface area contributed by atoms with Crippen LogP contribution in [0.25, 0.3) is 0 Å². The van der Waals surface area contributed by atoms with Gasteiger partial charge in [-0.05, 0) is 61.2 Å². The molecule has 3 nitrogen and oxygen atoms in total. The van der Waals surface area contributed by atoms with E-state index >= 15 is 0 Å². The molecule has 4 rings (SSSR count). The van der Waals surface area contributed by atoms with E-state index in [4.69, 9.17) is 0 Å². The number of fused-ring (bicyclic) bond motifs is 5. The lowest BCUT2D eigenvalue weighted by atomic mass is 9.67. The van der Waals surface area contributed by atoms with Gasteiger partial charge in [-0.15, -0.1) is 0 Å². The summed E-state index contributed by atoms with van der Waals surface area (Å²) in [5.74, 6) is 3.45. The van der Waals surface area contributed by atoms with E-state index < -0.39 is 0 Å². The molecule has 0 aromatic carbocycles. The molecule has 0 N–H and O–H groups in total.